The van der Waals surface area contributed by atoms with E-state index in [2.05, 4.69) is 39.6 Å². The molecule has 0 radical (unpaired) electrons. The average Bonchev–Trinajstić information content (AvgIpc) is 3.22. The second-order valence-corrected chi connectivity index (χ2v) is 7.48. The van der Waals surface area contributed by atoms with Gasteiger partial charge in [0.2, 0.25) is 0 Å². The maximum atomic E-state index is 5.81. The molecule has 8 heteroatoms. The Morgan fingerprint density at radius 2 is 2.13 bits per heavy atom. The second kappa shape index (κ2) is 16.6. The van der Waals surface area contributed by atoms with Crippen LogP contribution in [0, 0.1) is 0 Å². The van der Waals surface area contributed by atoms with Crippen molar-refractivity contribution in [1.82, 2.24) is 15.5 Å². The summed E-state index contributed by atoms with van der Waals surface area (Å²) in [6, 6.07) is 8.14. The average molecular weight is 534 g/mol. The fraction of sp³-hybridized carbons (Fsp3) is 0.682. The third kappa shape index (κ3) is 11.9. The zero-order valence-electron chi connectivity index (χ0n) is 18.7. The van der Waals surface area contributed by atoms with Crippen LogP contribution in [-0.2, 0) is 16.0 Å². The molecule has 0 saturated carbocycles. The molecule has 1 saturated heterocycles. The summed E-state index contributed by atoms with van der Waals surface area (Å²) < 4.78 is 17.1. The molecular weight excluding hydrogens is 495 g/mol. The van der Waals surface area contributed by atoms with Crippen LogP contribution in [0.25, 0.3) is 0 Å². The predicted octanol–water partition coefficient (Wildman–Crippen LogP) is 2.89. The fourth-order valence-corrected chi connectivity index (χ4v) is 2.96. The largest absolute Gasteiger partial charge is 0.492 e. The number of nitrogens with zero attached hydrogens (tertiary/aromatic N) is 2. The summed E-state index contributed by atoms with van der Waals surface area (Å²) in [5.74, 6) is 1.71. The van der Waals surface area contributed by atoms with Gasteiger partial charge in [0, 0.05) is 32.8 Å². The minimum Gasteiger partial charge on any atom is -0.492 e. The molecule has 0 spiro atoms. The molecule has 1 aliphatic rings. The predicted molar refractivity (Wildman–Crippen MR) is 133 cm³/mol. The van der Waals surface area contributed by atoms with E-state index in [-0.39, 0.29) is 24.0 Å². The smallest absolute Gasteiger partial charge is 0.191 e. The highest BCUT2D eigenvalue weighted by Gasteiger charge is 2.14. The molecule has 2 rings (SSSR count). The number of hydrogen-bond acceptors (Lipinski definition) is 5. The minimum atomic E-state index is 0. The first-order chi connectivity index (χ1) is 14.2. The van der Waals surface area contributed by atoms with Gasteiger partial charge in [-0.15, -0.1) is 24.0 Å². The molecular formula is C22H39IN4O3. The third-order valence-electron chi connectivity index (χ3n) is 4.56. The number of ether oxygens (including phenoxy) is 3. The molecule has 30 heavy (non-hydrogen) atoms. The number of halogens is 1. The highest BCUT2D eigenvalue weighted by Crippen LogP contribution is 2.14. The van der Waals surface area contributed by atoms with Gasteiger partial charge >= 0.3 is 0 Å². The highest BCUT2D eigenvalue weighted by molar-refractivity contribution is 14.0. The molecule has 0 amide bonds. The van der Waals surface area contributed by atoms with Crippen molar-refractivity contribution < 1.29 is 14.2 Å². The first-order valence-electron chi connectivity index (χ1n) is 10.8. The molecule has 172 valence electrons. The van der Waals surface area contributed by atoms with Gasteiger partial charge in [0.05, 0.1) is 19.3 Å². The molecule has 1 atom stereocenters. The van der Waals surface area contributed by atoms with E-state index in [0.29, 0.717) is 25.9 Å². The lowest BCUT2D eigenvalue weighted by Gasteiger charge is -2.13. The molecule has 1 aromatic rings. The Kier molecular flexibility index (Phi) is 14.9. The van der Waals surface area contributed by atoms with E-state index in [1.54, 1.807) is 0 Å². The van der Waals surface area contributed by atoms with Gasteiger partial charge in [-0.05, 0) is 58.0 Å². The number of hydrogen-bond donors (Lipinski definition) is 2. The summed E-state index contributed by atoms with van der Waals surface area (Å²) in [4.78, 5) is 6.79. The zero-order valence-corrected chi connectivity index (χ0v) is 21.0. The lowest BCUT2D eigenvalue weighted by atomic mass is 10.2. The zero-order chi connectivity index (χ0) is 20.7. The molecule has 0 aromatic heterocycles. The van der Waals surface area contributed by atoms with Crippen molar-refractivity contribution >= 4 is 29.9 Å². The first kappa shape index (κ1) is 26.9. The van der Waals surface area contributed by atoms with Crippen LogP contribution < -0.4 is 15.4 Å². The van der Waals surface area contributed by atoms with Crippen LogP contribution in [0.15, 0.2) is 29.3 Å². The number of nitrogens with one attached hydrogen (secondary N) is 2. The summed E-state index contributed by atoms with van der Waals surface area (Å²) in [5.41, 5.74) is 1.13. The van der Waals surface area contributed by atoms with Crippen LogP contribution in [0.5, 0.6) is 5.75 Å². The maximum Gasteiger partial charge on any atom is 0.191 e. The van der Waals surface area contributed by atoms with Crippen LogP contribution in [0.2, 0.25) is 0 Å². The molecule has 7 nitrogen and oxygen atoms in total. The Morgan fingerprint density at radius 3 is 2.87 bits per heavy atom. The maximum absolute atomic E-state index is 5.81. The van der Waals surface area contributed by atoms with Crippen LogP contribution in [0.3, 0.4) is 0 Å². The van der Waals surface area contributed by atoms with E-state index in [9.17, 15) is 0 Å². The summed E-state index contributed by atoms with van der Waals surface area (Å²) in [6.07, 6.45) is 3.51. The summed E-state index contributed by atoms with van der Waals surface area (Å²) >= 11 is 0. The standard InChI is InChI=1S/C22H38N4O3.HI/c1-4-23-22(24-11-7-13-27-18-21-10-6-14-28-21)25-17-19-8-5-9-20(16-19)29-15-12-26(2)3;/h5,8-9,16,21H,4,6-7,10-15,17-18H2,1-3H3,(H2,23,24,25);1H. The van der Waals surface area contributed by atoms with Gasteiger partial charge in [-0.25, -0.2) is 4.99 Å². The van der Waals surface area contributed by atoms with Gasteiger partial charge in [0.1, 0.15) is 12.4 Å². The molecule has 1 aromatic carbocycles. The normalized spacial score (nSPS) is 16.4. The van der Waals surface area contributed by atoms with Gasteiger partial charge in [-0.3, -0.25) is 0 Å². The van der Waals surface area contributed by atoms with E-state index < -0.39 is 0 Å². The van der Waals surface area contributed by atoms with Crippen LogP contribution in [0.4, 0.5) is 0 Å². The summed E-state index contributed by atoms with van der Waals surface area (Å²) in [7, 11) is 4.08. The van der Waals surface area contributed by atoms with Crippen molar-refractivity contribution in [3.8, 4) is 5.75 Å². The van der Waals surface area contributed by atoms with Crippen molar-refractivity contribution in [3.63, 3.8) is 0 Å². The molecule has 1 aliphatic heterocycles. The Bertz CT molecular complexity index is 596. The van der Waals surface area contributed by atoms with Crippen molar-refractivity contribution in [2.75, 3.05) is 60.2 Å². The first-order valence-corrected chi connectivity index (χ1v) is 10.8. The van der Waals surface area contributed by atoms with Crippen LogP contribution >= 0.6 is 24.0 Å². The Balaban J connectivity index is 0.00000450. The van der Waals surface area contributed by atoms with E-state index in [0.717, 1.165) is 69.4 Å². The number of likely N-dealkylation sites (N-methyl/N-ethyl adjacent to an activating group) is 1. The Hall–Kier alpha value is -1.10. The number of benzene rings is 1. The monoisotopic (exact) mass is 534 g/mol. The highest BCUT2D eigenvalue weighted by atomic mass is 127. The van der Waals surface area contributed by atoms with E-state index in [4.69, 9.17) is 14.2 Å². The second-order valence-electron chi connectivity index (χ2n) is 7.48. The lowest BCUT2D eigenvalue weighted by molar-refractivity contribution is 0.0168. The fourth-order valence-electron chi connectivity index (χ4n) is 2.96. The van der Waals surface area contributed by atoms with E-state index in [1.807, 2.05) is 26.2 Å². The molecule has 0 aliphatic carbocycles. The van der Waals surface area contributed by atoms with Crippen molar-refractivity contribution in [3.05, 3.63) is 29.8 Å². The minimum absolute atomic E-state index is 0. The molecule has 2 N–H and O–H groups in total. The van der Waals surface area contributed by atoms with Crippen LogP contribution in [-0.4, -0.2) is 77.1 Å². The molecule has 1 fully saturated rings. The van der Waals surface area contributed by atoms with E-state index in [1.165, 1.54) is 0 Å². The topological polar surface area (TPSA) is 67.4 Å². The number of guanidine groups is 1. The van der Waals surface area contributed by atoms with Crippen molar-refractivity contribution in [2.24, 2.45) is 4.99 Å². The lowest BCUT2D eigenvalue weighted by Crippen LogP contribution is -2.38. The van der Waals surface area contributed by atoms with Crippen LogP contribution in [0.1, 0.15) is 31.7 Å². The molecule has 1 unspecified atom stereocenters. The van der Waals surface area contributed by atoms with Crippen molar-refractivity contribution in [2.45, 2.75) is 38.8 Å². The van der Waals surface area contributed by atoms with Gasteiger partial charge in [-0.2, -0.15) is 0 Å². The SMILES string of the molecule is CCNC(=NCc1cccc(OCCN(C)C)c1)NCCCOCC1CCCO1.I. The van der Waals surface area contributed by atoms with Gasteiger partial charge < -0.3 is 29.7 Å². The van der Waals surface area contributed by atoms with Gasteiger partial charge in [0.25, 0.3) is 0 Å². The van der Waals surface area contributed by atoms with E-state index >= 15 is 0 Å². The number of aliphatic imine (C=N–C) groups is 1. The molecule has 0 bridgehead atoms. The Morgan fingerprint density at radius 1 is 1.27 bits per heavy atom. The summed E-state index contributed by atoms with van der Waals surface area (Å²) in [5, 5.41) is 6.66. The summed E-state index contributed by atoms with van der Waals surface area (Å²) in [6.45, 7) is 8.23. The van der Waals surface area contributed by atoms with Gasteiger partial charge in [0.15, 0.2) is 5.96 Å². The van der Waals surface area contributed by atoms with Crippen molar-refractivity contribution in [1.29, 1.82) is 0 Å². The van der Waals surface area contributed by atoms with Gasteiger partial charge in [-0.1, -0.05) is 12.1 Å². The molecule has 1 heterocycles. The Labute approximate surface area is 199 Å². The third-order valence-corrected chi connectivity index (χ3v) is 4.56. The quantitative estimate of drug-likeness (QED) is 0.176. The number of rotatable bonds is 13.